The van der Waals surface area contributed by atoms with Gasteiger partial charge in [-0.25, -0.2) is 4.68 Å². The molecular weight excluding hydrogens is 368 g/mol. The highest BCUT2D eigenvalue weighted by Crippen LogP contribution is 2.23. The summed E-state index contributed by atoms with van der Waals surface area (Å²) in [7, 11) is 0. The van der Waals surface area contributed by atoms with Crippen LogP contribution in [0.1, 0.15) is 0 Å². The number of benzene rings is 2. The van der Waals surface area contributed by atoms with Crippen molar-refractivity contribution in [3.63, 3.8) is 0 Å². The quantitative estimate of drug-likeness (QED) is 0.610. The summed E-state index contributed by atoms with van der Waals surface area (Å²) in [6.07, 6.45) is 3.91. The van der Waals surface area contributed by atoms with Crippen molar-refractivity contribution in [2.24, 2.45) is 0 Å². The Hall–Kier alpha value is -1.39. The molecule has 0 saturated heterocycles. The minimum atomic E-state index is 1.04. The Morgan fingerprint density at radius 1 is 0.842 bits per heavy atom. The highest BCUT2D eigenvalue weighted by Gasteiger charge is 2.03. The van der Waals surface area contributed by atoms with Crippen molar-refractivity contribution in [3.05, 3.63) is 69.9 Å². The maximum absolute atomic E-state index is 4.41. The first-order chi connectivity index (χ1) is 9.22. The lowest BCUT2D eigenvalue weighted by Gasteiger charge is -2.01. The standard InChI is InChI=1S/C15H10Br2N2/c16-13-6-4-11(5-7-13)12-9-18-19(10-12)15-3-1-2-14(17)8-15/h1-10H. The molecule has 0 aliphatic rings. The number of aromatic nitrogens is 2. The molecule has 0 atom stereocenters. The maximum atomic E-state index is 4.41. The van der Waals surface area contributed by atoms with Crippen LogP contribution in [-0.2, 0) is 0 Å². The monoisotopic (exact) mass is 376 g/mol. The molecule has 4 heteroatoms. The summed E-state index contributed by atoms with van der Waals surface area (Å²) < 4.78 is 4.00. The maximum Gasteiger partial charge on any atom is 0.0657 e. The van der Waals surface area contributed by atoms with Crippen LogP contribution in [-0.4, -0.2) is 9.78 Å². The highest BCUT2D eigenvalue weighted by molar-refractivity contribution is 9.10. The van der Waals surface area contributed by atoms with E-state index in [9.17, 15) is 0 Å². The number of hydrogen-bond donors (Lipinski definition) is 0. The molecule has 0 unspecified atom stereocenters. The Morgan fingerprint density at radius 2 is 1.63 bits per heavy atom. The average molecular weight is 378 g/mol. The van der Waals surface area contributed by atoms with Gasteiger partial charge in [-0.2, -0.15) is 5.10 Å². The van der Waals surface area contributed by atoms with Crippen molar-refractivity contribution in [1.29, 1.82) is 0 Å². The normalized spacial score (nSPS) is 10.6. The van der Waals surface area contributed by atoms with Gasteiger partial charge < -0.3 is 0 Å². The summed E-state index contributed by atoms with van der Waals surface area (Å²) in [5.41, 5.74) is 3.30. The minimum Gasteiger partial charge on any atom is -0.240 e. The van der Waals surface area contributed by atoms with Crippen LogP contribution < -0.4 is 0 Å². The molecule has 1 aromatic heterocycles. The van der Waals surface area contributed by atoms with E-state index in [-0.39, 0.29) is 0 Å². The lowest BCUT2D eigenvalue weighted by Crippen LogP contribution is -1.93. The molecule has 0 radical (unpaired) electrons. The number of rotatable bonds is 2. The molecule has 0 bridgehead atoms. The van der Waals surface area contributed by atoms with Gasteiger partial charge in [0.25, 0.3) is 0 Å². The molecule has 0 spiro atoms. The van der Waals surface area contributed by atoms with Gasteiger partial charge in [-0.3, -0.25) is 0 Å². The van der Waals surface area contributed by atoms with Gasteiger partial charge in [0.2, 0.25) is 0 Å². The van der Waals surface area contributed by atoms with Gasteiger partial charge in [0.05, 0.1) is 11.9 Å². The fourth-order valence-electron chi connectivity index (χ4n) is 1.87. The summed E-state index contributed by atoms with van der Waals surface area (Å²) in [5.74, 6) is 0. The number of hydrogen-bond acceptors (Lipinski definition) is 1. The van der Waals surface area contributed by atoms with Crippen molar-refractivity contribution < 1.29 is 0 Å². The van der Waals surface area contributed by atoms with Gasteiger partial charge in [-0.1, -0.05) is 50.1 Å². The molecule has 19 heavy (non-hydrogen) atoms. The molecular formula is C15H10Br2N2. The van der Waals surface area contributed by atoms with Gasteiger partial charge in [-0.05, 0) is 35.9 Å². The molecule has 0 N–H and O–H groups in total. The fourth-order valence-corrected chi connectivity index (χ4v) is 2.53. The van der Waals surface area contributed by atoms with E-state index in [1.54, 1.807) is 0 Å². The Kier molecular flexibility index (Phi) is 3.53. The van der Waals surface area contributed by atoms with E-state index in [4.69, 9.17) is 0 Å². The molecule has 3 aromatic rings. The zero-order valence-corrected chi connectivity index (χ0v) is 13.1. The fraction of sp³-hybridized carbons (Fsp3) is 0. The topological polar surface area (TPSA) is 17.8 Å². The highest BCUT2D eigenvalue weighted by atomic mass is 79.9. The van der Waals surface area contributed by atoms with E-state index in [0.29, 0.717) is 0 Å². The second-order valence-electron chi connectivity index (χ2n) is 4.16. The van der Waals surface area contributed by atoms with Crippen LogP contribution in [0.3, 0.4) is 0 Å². The van der Waals surface area contributed by atoms with Gasteiger partial charge in [-0.15, -0.1) is 0 Å². The summed E-state index contributed by atoms with van der Waals surface area (Å²) in [6.45, 7) is 0. The van der Waals surface area contributed by atoms with Crippen molar-refractivity contribution >= 4 is 31.9 Å². The van der Waals surface area contributed by atoms with E-state index in [1.807, 2.05) is 53.5 Å². The van der Waals surface area contributed by atoms with Gasteiger partial charge in [0, 0.05) is 20.7 Å². The first-order valence-electron chi connectivity index (χ1n) is 5.79. The molecule has 94 valence electrons. The molecule has 3 rings (SSSR count). The summed E-state index contributed by atoms with van der Waals surface area (Å²) in [6, 6.07) is 16.3. The van der Waals surface area contributed by atoms with E-state index in [0.717, 1.165) is 25.8 Å². The Balaban J connectivity index is 1.97. The lowest BCUT2D eigenvalue weighted by molar-refractivity contribution is 0.880. The molecule has 0 aliphatic carbocycles. The molecule has 1 heterocycles. The van der Waals surface area contributed by atoms with Crippen LogP contribution in [0.2, 0.25) is 0 Å². The Morgan fingerprint density at radius 3 is 2.37 bits per heavy atom. The smallest absolute Gasteiger partial charge is 0.0657 e. The third kappa shape index (κ3) is 2.80. The van der Waals surface area contributed by atoms with Crippen molar-refractivity contribution in [2.45, 2.75) is 0 Å². The van der Waals surface area contributed by atoms with Crippen LogP contribution in [0.15, 0.2) is 69.9 Å². The van der Waals surface area contributed by atoms with E-state index < -0.39 is 0 Å². The Labute approximate surface area is 128 Å². The molecule has 2 aromatic carbocycles. The van der Waals surface area contributed by atoms with Gasteiger partial charge in [0.15, 0.2) is 0 Å². The molecule has 2 nitrogen and oxygen atoms in total. The van der Waals surface area contributed by atoms with E-state index in [2.05, 4.69) is 49.1 Å². The van der Waals surface area contributed by atoms with Crippen LogP contribution >= 0.6 is 31.9 Å². The van der Waals surface area contributed by atoms with Gasteiger partial charge in [0.1, 0.15) is 0 Å². The predicted octanol–water partition coefficient (Wildman–Crippen LogP) is 5.06. The van der Waals surface area contributed by atoms with Crippen LogP contribution in [0.5, 0.6) is 0 Å². The van der Waals surface area contributed by atoms with Crippen LogP contribution in [0.4, 0.5) is 0 Å². The van der Waals surface area contributed by atoms with Crippen molar-refractivity contribution in [2.75, 3.05) is 0 Å². The van der Waals surface area contributed by atoms with Crippen LogP contribution in [0, 0.1) is 0 Å². The third-order valence-corrected chi connectivity index (χ3v) is 3.85. The minimum absolute atomic E-state index is 1.04. The van der Waals surface area contributed by atoms with E-state index >= 15 is 0 Å². The van der Waals surface area contributed by atoms with Crippen LogP contribution in [0.25, 0.3) is 16.8 Å². The zero-order valence-electron chi connectivity index (χ0n) is 9.92. The molecule has 0 fully saturated rings. The Bertz CT molecular complexity index is 702. The summed E-state index contributed by atoms with van der Waals surface area (Å²) >= 11 is 6.91. The van der Waals surface area contributed by atoms with E-state index in [1.165, 1.54) is 0 Å². The first-order valence-corrected chi connectivity index (χ1v) is 7.37. The third-order valence-electron chi connectivity index (χ3n) is 2.83. The zero-order chi connectivity index (χ0) is 13.2. The predicted molar refractivity (Wildman–Crippen MR) is 84.4 cm³/mol. The van der Waals surface area contributed by atoms with Gasteiger partial charge >= 0.3 is 0 Å². The first kappa shape index (κ1) is 12.6. The number of nitrogens with zero attached hydrogens (tertiary/aromatic N) is 2. The SMILES string of the molecule is Brc1ccc(-c2cnn(-c3cccc(Br)c3)c2)cc1. The summed E-state index contributed by atoms with van der Waals surface area (Å²) in [5, 5.41) is 4.41. The number of halogens is 2. The summed E-state index contributed by atoms with van der Waals surface area (Å²) in [4.78, 5) is 0. The lowest BCUT2D eigenvalue weighted by atomic mass is 10.1. The molecule has 0 aliphatic heterocycles. The largest absolute Gasteiger partial charge is 0.240 e. The molecule has 0 saturated carbocycles. The van der Waals surface area contributed by atoms with Crippen molar-refractivity contribution in [3.8, 4) is 16.8 Å². The second kappa shape index (κ2) is 5.31. The average Bonchev–Trinajstić information content (AvgIpc) is 2.89. The second-order valence-corrected chi connectivity index (χ2v) is 5.99. The van der Waals surface area contributed by atoms with Crippen molar-refractivity contribution in [1.82, 2.24) is 9.78 Å². The molecule has 0 amide bonds.